The van der Waals surface area contributed by atoms with Crippen LogP contribution in [0.4, 0.5) is 0 Å². The maximum Gasteiger partial charge on any atom is 0.472 e. The molecule has 9 heteroatoms. The molecule has 0 radical (unpaired) electrons. The number of hydrogen-bond acceptors (Lipinski definition) is 5. The summed E-state index contributed by atoms with van der Waals surface area (Å²) in [5.41, 5.74) is 0. The number of amides is 1. The van der Waals surface area contributed by atoms with Crippen LogP contribution in [0.3, 0.4) is 0 Å². The summed E-state index contributed by atoms with van der Waals surface area (Å²) >= 11 is 0. The zero-order valence-corrected chi connectivity index (χ0v) is 63.8. The number of aliphatic hydroxyl groups excluding tert-OH is 1. The Morgan fingerprint density at radius 2 is 0.638 bits per heavy atom. The van der Waals surface area contributed by atoms with E-state index in [4.69, 9.17) is 9.05 Å². The van der Waals surface area contributed by atoms with Crippen molar-refractivity contribution in [1.82, 2.24) is 5.32 Å². The molecule has 0 aromatic carbocycles. The molecule has 0 heterocycles. The fraction of sp³-hybridized carbons (Fsp3) is 0.800. The lowest BCUT2D eigenvalue weighted by Crippen LogP contribution is -2.45. The van der Waals surface area contributed by atoms with E-state index in [1.165, 1.54) is 283 Å². The summed E-state index contributed by atoms with van der Waals surface area (Å²) < 4.78 is 23.9. The Morgan fingerprint density at radius 1 is 0.372 bits per heavy atom. The van der Waals surface area contributed by atoms with Gasteiger partial charge < -0.3 is 19.8 Å². The lowest BCUT2D eigenvalue weighted by atomic mass is 10.0. The Balaban J connectivity index is 3.97. The lowest BCUT2D eigenvalue weighted by Gasteiger charge is -2.25. The third kappa shape index (κ3) is 76.8. The first-order valence-electron chi connectivity index (χ1n) is 40.6. The van der Waals surface area contributed by atoms with E-state index < -0.39 is 20.0 Å². The van der Waals surface area contributed by atoms with Crippen LogP contribution in [0.5, 0.6) is 0 Å². The Hall–Kier alpha value is -2.58. The molecule has 0 bridgehead atoms. The molecule has 0 aliphatic carbocycles. The van der Waals surface area contributed by atoms with Crippen LogP contribution in [0.15, 0.2) is 97.2 Å². The van der Waals surface area contributed by atoms with E-state index in [0.717, 1.165) is 83.5 Å². The van der Waals surface area contributed by atoms with Gasteiger partial charge in [0.2, 0.25) is 5.91 Å². The van der Waals surface area contributed by atoms with Gasteiger partial charge in [0.1, 0.15) is 13.2 Å². The number of nitrogens with one attached hydrogen (secondary N) is 1. The summed E-state index contributed by atoms with van der Waals surface area (Å²) in [6, 6.07) is -0.852. The van der Waals surface area contributed by atoms with E-state index in [1.807, 2.05) is 27.2 Å². The van der Waals surface area contributed by atoms with Gasteiger partial charge in [-0.1, -0.05) is 400 Å². The molecule has 3 N–H and O–H groups in total. The molecular formula is C85H158N2O6P+. The molecule has 0 aliphatic heterocycles. The molecule has 8 nitrogen and oxygen atoms in total. The minimum atomic E-state index is -4.36. The van der Waals surface area contributed by atoms with E-state index in [9.17, 15) is 19.4 Å². The minimum absolute atomic E-state index is 0.0609. The van der Waals surface area contributed by atoms with Gasteiger partial charge in [0.25, 0.3) is 0 Å². The topological polar surface area (TPSA) is 105 Å². The third-order valence-corrected chi connectivity index (χ3v) is 19.3. The SMILES string of the molecule is CC/C=C\C/C=C\C/C=C\C/C=C\C/C=C\C/C=C\C/C=C\CCCCCCCCCCCCCCCCCCCCCC(=O)NC(COP(=O)(O)OCC[N+](C)(C)C)C(O)/C=C/CCCCCCCCCCCCCCCCCCCCCCCCCCCCCCC. The Morgan fingerprint density at radius 3 is 0.936 bits per heavy atom. The van der Waals surface area contributed by atoms with Gasteiger partial charge in [-0.25, -0.2) is 4.57 Å². The van der Waals surface area contributed by atoms with Crippen molar-refractivity contribution in [2.75, 3.05) is 40.9 Å². The highest BCUT2D eigenvalue weighted by Crippen LogP contribution is 2.43. The predicted molar refractivity (Wildman–Crippen MR) is 415 cm³/mol. The van der Waals surface area contributed by atoms with Crippen LogP contribution in [0.25, 0.3) is 0 Å². The number of rotatable bonds is 75. The van der Waals surface area contributed by atoms with Gasteiger partial charge in [-0.3, -0.25) is 13.8 Å². The predicted octanol–water partition coefficient (Wildman–Crippen LogP) is 26.8. The van der Waals surface area contributed by atoms with E-state index in [-0.39, 0.29) is 19.1 Å². The van der Waals surface area contributed by atoms with E-state index in [1.54, 1.807) is 6.08 Å². The zero-order valence-electron chi connectivity index (χ0n) is 62.9. The quantitative estimate of drug-likeness (QED) is 0.0243. The number of allylic oxidation sites excluding steroid dienone is 15. The standard InChI is InChI=1S/C85H157N2O6P/c1-6-8-10-12-14-16-18-20-22-24-26-28-30-32-34-36-38-39-40-41-42-43-44-45-46-47-49-51-53-55-57-59-61-63-65-67-69-71-73-75-77-79-85(89)86-83(82-93-94(90,91)92-81-80-87(3,4)5)84(88)78-76-74-72-70-68-66-64-62-60-58-56-54-52-50-48-37-35-33-31-29-27-25-23-21-19-17-15-13-11-9-7-2/h8,10,14,16,20,22,26,28,32,34,38-39,41-42,76,78,83-84,88H,6-7,9,11-13,15,17-19,21,23-25,27,29-31,33,35-37,40,43-75,77,79-82H2,1-5H3,(H-,86,89,90,91)/p+1/b10-8-,16-14-,22-20-,28-26-,34-32-,39-38-,42-41-,78-76+. The molecule has 3 unspecified atom stereocenters. The molecule has 3 atom stereocenters. The summed E-state index contributed by atoms with van der Waals surface area (Å²) in [6.45, 7) is 4.75. The van der Waals surface area contributed by atoms with Gasteiger partial charge in [0.15, 0.2) is 0 Å². The number of phosphoric acid groups is 1. The van der Waals surface area contributed by atoms with Gasteiger partial charge >= 0.3 is 7.82 Å². The number of likely N-dealkylation sites (N-methyl/N-ethyl adjacent to an activating group) is 1. The monoisotopic (exact) mass is 1330 g/mol. The van der Waals surface area contributed by atoms with Crippen LogP contribution < -0.4 is 5.32 Å². The van der Waals surface area contributed by atoms with Crippen LogP contribution in [-0.4, -0.2) is 73.4 Å². The number of carbonyl (C=O) groups is 1. The second-order valence-electron chi connectivity index (χ2n) is 28.8. The second kappa shape index (κ2) is 74.6. The van der Waals surface area contributed by atoms with Crippen molar-refractivity contribution in [3.63, 3.8) is 0 Å². The number of hydrogen-bond donors (Lipinski definition) is 3. The minimum Gasteiger partial charge on any atom is -0.387 e. The van der Waals surface area contributed by atoms with Gasteiger partial charge in [0, 0.05) is 6.42 Å². The molecule has 0 saturated carbocycles. The van der Waals surface area contributed by atoms with Gasteiger partial charge in [-0.05, 0) is 77.0 Å². The average Bonchev–Trinajstić information content (AvgIpc) is 1.77. The molecule has 0 aromatic rings. The molecule has 0 spiro atoms. The lowest BCUT2D eigenvalue weighted by molar-refractivity contribution is -0.870. The summed E-state index contributed by atoms with van der Waals surface area (Å²) in [7, 11) is 1.58. The third-order valence-electron chi connectivity index (χ3n) is 18.3. The normalized spacial score (nSPS) is 14.0. The first-order chi connectivity index (χ1) is 46.0. The Kier molecular flexibility index (Phi) is 72.6. The second-order valence-corrected chi connectivity index (χ2v) is 30.2. The molecule has 0 aliphatic rings. The number of nitrogens with zero attached hydrogens (tertiary/aromatic N) is 1. The molecule has 0 saturated heterocycles. The maximum atomic E-state index is 13.1. The van der Waals surface area contributed by atoms with Crippen LogP contribution in [0.1, 0.15) is 386 Å². The van der Waals surface area contributed by atoms with E-state index in [2.05, 4.69) is 104 Å². The number of aliphatic hydroxyl groups is 1. The van der Waals surface area contributed by atoms with Crippen LogP contribution in [-0.2, 0) is 18.4 Å². The number of quaternary nitrogens is 1. The van der Waals surface area contributed by atoms with Crippen molar-refractivity contribution < 1.29 is 32.9 Å². The summed E-state index contributed by atoms with van der Waals surface area (Å²) in [5.74, 6) is -0.172. The van der Waals surface area contributed by atoms with Gasteiger partial charge in [-0.2, -0.15) is 0 Å². The van der Waals surface area contributed by atoms with Gasteiger partial charge in [-0.15, -0.1) is 0 Å². The molecule has 0 rings (SSSR count). The molecular weight excluding hydrogens is 1180 g/mol. The number of unbranched alkanes of at least 4 members (excludes halogenated alkanes) is 48. The molecule has 0 fully saturated rings. The summed E-state index contributed by atoms with van der Waals surface area (Å²) in [6.07, 6.45) is 109. The Labute approximate surface area is 585 Å². The van der Waals surface area contributed by atoms with Crippen molar-refractivity contribution in [2.45, 2.75) is 398 Å². The highest BCUT2D eigenvalue weighted by molar-refractivity contribution is 7.47. The molecule has 1 amide bonds. The van der Waals surface area contributed by atoms with Crippen LogP contribution in [0.2, 0.25) is 0 Å². The van der Waals surface area contributed by atoms with Crippen molar-refractivity contribution in [2.24, 2.45) is 0 Å². The number of carbonyl (C=O) groups excluding carboxylic acids is 1. The average molecular weight is 1340 g/mol. The van der Waals surface area contributed by atoms with E-state index in [0.29, 0.717) is 17.4 Å². The molecule has 94 heavy (non-hydrogen) atoms. The number of phosphoric ester groups is 1. The van der Waals surface area contributed by atoms with Crippen molar-refractivity contribution in [3.05, 3.63) is 97.2 Å². The smallest absolute Gasteiger partial charge is 0.387 e. The fourth-order valence-electron chi connectivity index (χ4n) is 12.1. The first-order valence-corrected chi connectivity index (χ1v) is 42.1. The maximum absolute atomic E-state index is 13.1. The highest BCUT2D eigenvalue weighted by atomic mass is 31.2. The van der Waals surface area contributed by atoms with Crippen LogP contribution >= 0.6 is 7.82 Å². The van der Waals surface area contributed by atoms with Gasteiger partial charge in [0.05, 0.1) is 39.9 Å². The Bertz CT molecular complexity index is 1860. The highest BCUT2D eigenvalue weighted by Gasteiger charge is 2.28. The molecule has 548 valence electrons. The van der Waals surface area contributed by atoms with E-state index >= 15 is 0 Å². The molecule has 0 aromatic heterocycles. The summed E-state index contributed by atoms with van der Waals surface area (Å²) in [4.78, 5) is 23.5. The van der Waals surface area contributed by atoms with Crippen molar-refractivity contribution in [3.8, 4) is 0 Å². The van der Waals surface area contributed by atoms with Crippen LogP contribution in [0, 0.1) is 0 Å². The largest absolute Gasteiger partial charge is 0.472 e. The summed E-state index contributed by atoms with van der Waals surface area (Å²) in [5, 5.41) is 14.1. The fourth-order valence-corrected chi connectivity index (χ4v) is 12.8. The van der Waals surface area contributed by atoms with Crippen molar-refractivity contribution in [1.29, 1.82) is 0 Å². The zero-order chi connectivity index (χ0) is 68.3. The van der Waals surface area contributed by atoms with Crippen molar-refractivity contribution >= 4 is 13.7 Å². The first kappa shape index (κ1) is 91.4.